The van der Waals surface area contributed by atoms with Gasteiger partial charge in [-0.05, 0) is 58.7 Å². The fourth-order valence-corrected chi connectivity index (χ4v) is 2.78. The molecule has 1 N–H and O–H groups in total. The fourth-order valence-electron chi connectivity index (χ4n) is 2.78. The molecule has 1 saturated heterocycles. The summed E-state index contributed by atoms with van der Waals surface area (Å²) in [5.74, 6) is 0.595. The van der Waals surface area contributed by atoms with Crippen LogP contribution in [0.25, 0.3) is 0 Å². The maximum Gasteiger partial charge on any atom is 0.127 e. The summed E-state index contributed by atoms with van der Waals surface area (Å²) in [5.41, 5.74) is 0.991. The van der Waals surface area contributed by atoms with Gasteiger partial charge in [0.2, 0.25) is 0 Å². The molecular weight excluding hydrogens is 251 g/mol. The standard InChI is InChI=1S/C17H27FN2/c1-17(2,3)19-11-14-7-6-10-20(12-14)13-15-8-4-5-9-16(15)18/h4-5,8-9,14,19H,6-7,10-13H2,1-3H3. The van der Waals surface area contributed by atoms with Gasteiger partial charge in [-0.15, -0.1) is 0 Å². The maximum absolute atomic E-state index is 13.7. The van der Waals surface area contributed by atoms with E-state index in [0.29, 0.717) is 5.92 Å². The number of nitrogens with zero attached hydrogens (tertiary/aromatic N) is 1. The van der Waals surface area contributed by atoms with Crippen molar-refractivity contribution in [3.05, 3.63) is 35.6 Å². The summed E-state index contributed by atoms with van der Waals surface area (Å²) in [6.07, 6.45) is 2.49. The molecule has 1 unspecified atom stereocenters. The van der Waals surface area contributed by atoms with Crippen LogP contribution in [0.4, 0.5) is 4.39 Å². The number of hydrogen-bond acceptors (Lipinski definition) is 2. The Morgan fingerprint density at radius 1 is 1.30 bits per heavy atom. The van der Waals surface area contributed by atoms with Crippen molar-refractivity contribution < 1.29 is 4.39 Å². The van der Waals surface area contributed by atoms with E-state index in [1.54, 1.807) is 12.1 Å². The summed E-state index contributed by atoms with van der Waals surface area (Å²) in [6.45, 7) is 10.5. The highest BCUT2D eigenvalue weighted by molar-refractivity contribution is 5.17. The van der Waals surface area contributed by atoms with E-state index in [1.165, 1.54) is 12.8 Å². The predicted molar refractivity (Wildman–Crippen MR) is 82.2 cm³/mol. The van der Waals surface area contributed by atoms with Crippen molar-refractivity contribution in [1.82, 2.24) is 10.2 Å². The Hall–Kier alpha value is -0.930. The highest BCUT2D eigenvalue weighted by atomic mass is 19.1. The quantitative estimate of drug-likeness (QED) is 0.908. The molecule has 2 rings (SSSR count). The summed E-state index contributed by atoms with van der Waals surface area (Å²) in [5, 5.41) is 3.59. The molecule has 1 aliphatic heterocycles. The second-order valence-electron chi connectivity index (χ2n) is 6.97. The van der Waals surface area contributed by atoms with E-state index in [-0.39, 0.29) is 11.4 Å². The number of piperidine rings is 1. The smallest absolute Gasteiger partial charge is 0.127 e. The minimum atomic E-state index is -0.0811. The Labute approximate surface area is 122 Å². The molecule has 20 heavy (non-hydrogen) atoms. The number of benzene rings is 1. The van der Waals surface area contributed by atoms with Gasteiger partial charge in [-0.25, -0.2) is 4.39 Å². The molecule has 0 radical (unpaired) electrons. The molecule has 0 spiro atoms. The lowest BCUT2D eigenvalue weighted by Crippen LogP contribution is -2.44. The van der Waals surface area contributed by atoms with Crippen LogP contribution < -0.4 is 5.32 Å². The minimum Gasteiger partial charge on any atom is -0.312 e. The summed E-state index contributed by atoms with van der Waals surface area (Å²) < 4.78 is 13.7. The molecule has 1 aromatic carbocycles. The third-order valence-corrected chi connectivity index (χ3v) is 3.88. The molecule has 1 aliphatic rings. The zero-order chi connectivity index (χ0) is 14.6. The minimum absolute atomic E-state index is 0.0811. The van der Waals surface area contributed by atoms with Gasteiger partial charge in [-0.1, -0.05) is 18.2 Å². The Morgan fingerprint density at radius 3 is 2.75 bits per heavy atom. The van der Waals surface area contributed by atoms with Crippen LogP contribution in [0.15, 0.2) is 24.3 Å². The van der Waals surface area contributed by atoms with Gasteiger partial charge >= 0.3 is 0 Å². The highest BCUT2D eigenvalue weighted by Crippen LogP contribution is 2.19. The van der Waals surface area contributed by atoms with Crippen LogP contribution in [0.5, 0.6) is 0 Å². The summed E-state index contributed by atoms with van der Waals surface area (Å²) in [4.78, 5) is 2.39. The number of nitrogens with one attached hydrogen (secondary N) is 1. The first-order valence-corrected chi connectivity index (χ1v) is 7.65. The summed E-state index contributed by atoms with van der Waals surface area (Å²) in [7, 11) is 0. The monoisotopic (exact) mass is 278 g/mol. The number of hydrogen-bond donors (Lipinski definition) is 1. The first-order valence-electron chi connectivity index (χ1n) is 7.65. The van der Waals surface area contributed by atoms with Crippen LogP contribution in [0.1, 0.15) is 39.2 Å². The van der Waals surface area contributed by atoms with E-state index in [0.717, 1.165) is 31.7 Å². The van der Waals surface area contributed by atoms with Gasteiger partial charge in [0.25, 0.3) is 0 Å². The van der Waals surface area contributed by atoms with Gasteiger partial charge in [0.15, 0.2) is 0 Å². The van der Waals surface area contributed by atoms with Crippen LogP contribution >= 0.6 is 0 Å². The second kappa shape index (κ2) is 6.68. The lowest BCUT2D eigenvalue weighted by atomic mass is 9.96. The zero-order valence-corrected chi connectivity index (χ0v) is 13.0. The first-order chi connectivity index (χ1) is 9.44. The molecule has 0 aromatic heterocycles. The van der Waals surface area contributed by atoms with Crippen molar-refractivity contribution >= 4 is 0 Å². The van der Waals surface area contributed by atoms with E-state index >= 15 is 0 Å². The van der Waals surface area contributed by atoms with Crippen molar-refractivity contribution in [1.29, 1.82) is 0 Å². The molecule has 1 fully saturated rings. The molecule has 1 aromatic rings. The average Bonchev–Trinajstić information content (AvgIpc) is 2.39. The molecule has 2 nitrogen and oxygen atoms in total. The lowest BCUT2D eigenvalue weighted by molar-refractivity contribution is 0.158. The van der Waals surface area contributed by atoms with Crippen molar-refractivity contribution in [3.8, 4) is 0 Å². The molecular formula is C17H27FN2. The van der Waals surface area contributed by atoms with Gasteiger partial charge in [0.1, 0.15) is 5.82 Å². The second-order valence-corrected chi connectivity index (χ2v) is 6.97. The fraction of sp³-hybridized carbons (Fsp3) is 0.647. The van der Waals surface area contributed by atoms with Crippen LogP contribution in [0, 0.1) is 11.7 Å². The highest BCUT2D eigenvalue weighted by Gasteiger charge is 2.22. The Morgan fingerprint density at radius 2 is 2.05 bits per heavy atom. The molecule has 0 amide bonds. The third kappa shape index (κ3) is 4.88. The summed E-state index contributed by atoms with van der Waals surface area (Å²) >= 11 is 0. The van der Waals surface area contributed by atoms with Gasteiger partial charge in [-0.3, -0.25) is 4.90 Å². The van der Waals surface area contributed by atoms with E-state index in [9.17, 15) is 4.39 Å². The van der Waals surface area contributed by atoms with Crippen LogP contribution in [-0.2, 0) is 6.54 Å². The third-order valence-electron chi connectivity index (χ3n) is 3.88. The van der Waals surface area contributed by atoms with E-state index in [1.807, 2.05) is 12.1 Å². The molecule has 3 heteroatoms. The van der Waals surface area contributed by atoms with Gasteiger partial charge in [0.05, 0.1) is 0 Å². The van der Waals surface area contributed by atoms with Crippen molar-refractivity contribution in [3.63, 3.8) is 0 Å². The van der Waals surface area contributed by atoms with Gasteiger partial charge < -0.3 is 5.32 Å². The van der Waals surface area contributed by atoms with Crippen LogP contribution in [-0.4, -0.2) is 30.1 Å². The first kappa shape index (κ1) is 15.5. The molecule has 0 saturated carbocycles. The SMILES string of the molecule is CC(C)(C)NCC1CCCN(Cc2ccccc2F)C1. The Balaban J connectivity index is 1.86. The Kier molecular flexibility index (Phi) is 5.17. The van der Waals surface area contributed by atoms with Gasteiger partial charge in [-0.2, -0.15) is 0 Å². The van der Waals surface area contributed by atoms with Crippen molar-refractivity contribution in [2.45, 2.75) is 45.7 Å². The largest absolute Gasteiger partial charge is 0.312 e. The van der Waals surface area contributed by atoms with E-state index in [4.69, 9.17) is 0 Å². The normalized spacial score (nSPS) is 21.1. The topological polar surface area (TPSA) is 15.3 Å². The molecule has 1 atom stereocenters. The molecule has 0 bridgehead atoms. The zero-order valence-electron chi connectivity index (χ0n) is 13.0. The number of halogens is 1. The maximum atomic E-state index is 13.7. The molecule has 112 valence electrons. The average molecular weight is 278 g/mol. The number of likely N-dealkylation sites (tertiary alicyclic amines) is 1. The van der Waals surface area contributed by atoms with Crippen LogP contribution in [0.3, 0.4) is 0 Å². The molecule has 0 aliphatic carbocycles. The number of rotatable bonds is 4. The predicted octanol–water partition coefficient (Wildman–Crippen LogP) is 3.43. The van der Waals surface area contributed by atoms with Crippen LogP contribution in [0.2, 0.25) is 0 Å². The molecule has 1 heterocycles. The van der Waals surface area contributed by atoms with Crippen molar-refractivity contribution in [2.75, 3.05) is 19.6 Å². The Bertz CT molecular complexity index is 425. The summed E-state index contributed by atoms with van der Waals surface area (Å²) in [6, 6.07) is 7.12. The van der Waals surface area contributed by atoms with Crippen molar-refractivity contribution in [2.24, 2.45) is 5.92 Å². The lowest BCUT2D eigenvalue weighted by Gasteiger charge is -2.34. The van der Waals surface area contributed by atoms with E-state index < -0.39 is 0 Å². The van der Waals surface area contributed by atoms with Gasteiger partial charge in [0, 0.05) is 24.2 Å². The van der Waals surface area contributed by atoms with E-state index in [2.05, 4.69) is 31.0 Å².